The normalized spacial score (nSPS) is 12.0. The number of hydrogen-bond donors (Lipinski definition) is 0. The molecule has 7 heteroatoms. The Morgan fingerprint density at radius 1 is 1.16 bits per heavy atom. The van der Waals surface area contributed by atoms with E-state index in [4.69, 9.17) is 0 Å². The van der Waals surface area contributed by atoms with Crippen LogP contribution in [-0.4, -0.2) is 24.3 Å². The van der Waals surface area contributed by atoms with Gasteiger partial charge in [0.1, 0.15) is 5.01 Å². The molecule has 1 aromatic carbocycles. The van der Waals surface area contributed by atoms with E-state index in [9.17, 15) is 8.42 Å². The lowest BCUT2D eigenvalue weighted by Gasteiger charge is -2.20. The van der Waals surface area contributed by atoms with Crippen LogP contribution in [0.15, 0.2) is 46.7 Å². The predicted octanol–water partition coefficient (Wildman–Crippen LogP) is 4.70. The summed E-state index contributed by atoms with van der Waals surface area (Å²) in [4.78, 5) is 6.57. The number of hydrogen-bond acceptors (Lipinski definition) is 5. The molecule has 0 atom stereocenters. The zero-order chi connectivity index (χ0) is 18.0. The fourth-order valence-electron chi connectivity index (χ4n) is 2.59. The van der Waals surface area contributed by atoms with Crippen molar-refractivity contribution >= 4 is 32.7 Å². The van der Waals surface area contributed by atoms with Crippen LogP contribution < -0.4 is 0 Å². The third-order valence-corrected chi connectivity index (χ3v) is 8.23. The monoisotopic (exact) mass is 392 g/mol. The van der Waals surface area contributed by atoms with Gasteiger partial charge in [-0.15, -0.1) is 22.7 Å². The average Bonchev–Trinajstić information content (AvgIpc) is 3.19. The van der Waals surface area contributed by atoms with Gasteiger partial charge in [-0.1, -0.05) is 37.3 Å². The molecule has 0 fully saturated rings. The highest BCUT2D eigenvalue weighted by molar-refractivity contribution is 7.89. The first kappa shape index (κ1) is 18.3. The van der Waals surface area contributed by atoms with E-state index >= 15 is 0 Å². The van der Waals surface area contributed by atoms with E-state index in [0.717, 1.165) is 26.0 Å². The second kappa shape index (κ2) is 7.37. The maximum atomic E-state index is 13.2. The Labute approximate surface area is 156 Å². The van der Waals surface area contributed by atoms with Crippen molar-refractivity contribution in [1.29, 1.82) is 0 Å². The summed E-state index contributed by atoms with van der Waals surface area (Å²) in [6.45, 7) is 6.47. The molecule has 0 N–H and O–H groups in total. The van der Waals surface area contributed by atoms with Gasteiger partial charge in [-0.2, -0.15) is 4.31 Å². The molecule has 2 aromatic heterocycles. The van der Waals surface area contributed by atoms with Crippen LogP contribution in [0.25, 0.3) is 9.88 Å². The molecule has 132 valence electrons. The highest BCUT2D eigenvalue weighted by atomic mass is 32.2. The van der Waals surface area contributed by atoms with Crippen molar-refractivity contribution in [2.75, 3.05) is 6.54 Å². The minimum Gasteiger partial charge on any atom is -0.241 e. The Kier molecular flexibility index (Phi) is 5.38. The van der Waals surface area contributed by atoms with E-state index in [0.29, 0.717) is 18.0 Å². The Morgan fingerprint density at radius 3 is 2.48 bits per heavy atom. The third-order valence-electron chi connectivity index (χ3n) is 3.87. The van der Waals surface area contributed by atoms with Crippen LogP contribution in [0, 0.1) is 13.8 Å². The van der Waals surface area contributed by atoms with Gasteiger partial charge in [0.05, 0.1) is 9.77 Å². The second-order valence-electron chi connectivity index (χ2n) is 5.74. The standard InChI is InChI=1S/C18H20N2O2S3/c1-4-20(11-15-8-6-5-7-9-15)25(21,22)17-10-16(24-14(17)3)18-19-13(2)12-23-18/h5-10,12H,4,11H2,1-3H3. The number of sulfonamides is 1. The average molecular weight is 393 g/mol. The molecule has 3 rings (SSSR count). The number of thiophene rings is 1. The Hall–Kier alpha value is -1.54. The number of aryl methyl sites for hydroxylation is 2. The maximum Gasteiger partial charge on any atom is 0.244 e. The Balaban J connectivity index is 1.94. The molecular weight excluding hydrogens is 372 g/mol. The summed E-state index contributed by atoms with van der Waals surface area (Å²) in [5, 5.41) is 2.85. The first-order chi connectivity index (χ1) is 11.9. The van der Waals surface area contributed by atoms with Crippen molar-refractivity contribution in [1.82, 2.24) is 9.29 Å². The minimum absolute atomic E-state index is 0.376. The predicted molar refractivity (Wildman–Crippen MR) is 105 cm³/mol. The van der Waals surface area contributed by atoms with Gasteiger partial charge in [0.2, 0.25) is 10.0 Å². The lowest BCUT2D eigenvalue weighted by Crippen LogP contribution is -2.30. The van der Waals surface area contributed by atoms with E-state index in [1.807, 2.05) is 56.5 Å². The summed E-state index contributed by atoms with van der Waals surface area (Å²) >= 11 is 3.03. The van der Waals surface area contributed by atoms with E-state index in [-0.39, 0.29) is 0 Å². The van der Waals surface area contributed by atoms with E-state index in [2.05, 4.69) is 4.98 Å². The first-order valence-electron chi connectivity index (χ1n) is 7.99. The van der Waals surface area contributed by atoms with Gasteiger partial charge in [0.25, 0.3) is 0 Å². The van der Waals surface area contributed by atoms with Crippen LogP contribution in [0.1, 0.15) is 23.1 Å². The van der Waals surface area contributed by atoms with Crippen LogP contribution in [-0.2, 0) is 16.6 Å². The van der Waals surface area contributed by atoms with Gasteiger partial charge in [-0.3, -0.25) is 0 Å². The zero-order valence-electron chi connectivity index (χ0n) is 14.4. The number of nitrogens with zero attached hydrogens (tertiary/aromatic N) is 2. The van der Waals surface area contributed by atoms with Gasteiger partial charge < -0.3 is 0 Å². The molecule has 2 heterocycles. The van der Waals surface area contributed by atoms with Crippen molar-refractivity contribution in [3.63, 3.8) is 0 Å². The van der Waals surface area contributed by atoms with Crippen LogP contribution in [0.4, 0.5) is 0 Å². The molecule has 0 radical (unpaired) electrons. The summed E-state index contributed by atoms with van der Waals surface area (Å²) in [6.07, 6.45) is 0. The quantitative estimate of drug-likeness (QED) is 0.611. The SMILES string of the molecule is CCN(Cc1ccccc1)S(=O)(=O)c1cc(-c2nc(C)cs2)sc1C. The first-order valence-corrected chi connectivity index (χ1v) is 11.1. The zero-order valence-corrected chi connectivity index (χ0v) is 16.8. The van der Waals surface area contributed by atoms with Crippen molar-refractivity contribution in [2.24, 2.45) is 0 Å². The van der Waals surface area contributed by atoms with Crippen LogP contribution in [0.2, 0.25) is 0 Å². The van der Waals surface area contributed by atoms with Crippen molar-refractivity contribution < 1.29 is 8.42 Å². The van der Waals surface area contributed by atoms with Gasteiger partial charge in [-0.25, -0.2) is 13.4 Å². The largest absolute Gasteiger partial charge is 0.244 e. The molecule has 0 aliphatic carbocycles. The number of aromatic nitrogens is 1. The van der Waals surface area contributed by atoms with Crippen LogP contribution in [0.3, 0.4) is 0 Å². The molecule has 0 saturated carbocycles. The summed E-state index contributed by atoms with van der Waals surface area (Å²) in [5.41, 5.74) is 1.94. The van der Waals surface area contributed by atoms with Gasteiger partial charge in [0, 0.05) is 29.0 Å². The molecule has 0 aliphatic heterocycles. The lowest BCUT2D eigenvalue weighted by molar-refractivity contribution is 0.423. The summed E-state index contributed by atoms with van der Waals surface area (Å²) in [5.74, 6) is 0. The highest BCUT2D eigenvalue weighted by Crippen LogP contribution is 2.36. The molecule has 0 spiro atoms. The summed E-state index contributed by atoms with van der Waals surface area (Å²) in [6, 6.07) is 11.4. The van der Waals surface area contributed by atoms with Gasteiger partial charge in [0.15, 0.2) is 0 Å². The summed E-state index contributed by atoms with van der Waals surface area (Å²) in [7, 11) is -3.54. The Bertz CT molecular complexity index is 959. The molecule has 25 heavy (non-hydrogen) atoms. The van der Waals surface area contributed by atoms with Crippen molar-refractivity contribution in [3.05, 3.63) is 57.9 Å². The number of thiazole rings is 1. The fourth-order valence-corrected chi connectivity index (χ4v) is 6.44. The molecule has 0 aliphatic rings. The van der Waals surface area contributed by atoms with Crippen molar-refractivity contribution in [2.45, 2.75) is 32.2 Å². The van der Waals surface area contributed by atoms with Crippen molar-refractivity contribution in [3.8, 4) is 9.88 Å². The van der Waals surface area contributed by atoms with Crippen LogP contribution in [0.5, 0.6) is 0 Å². The molecular formula is C18H20N2O2S3. The van der Waals surface area contributed by atoms with Gasteiger partial charge >= 0.3 is 0 Å². The Morgan fingerprint density at radius 2 is 1.88 bits per heavy atom. The molecule has 0 amide bonds. The van der Waals surface area contributed by atoms with Gasteiger partial charge in [-0.05, 0) is 25.5 Å². The highest BCUT2D eigenvalue weighted by Gasteiger charge is 2.27. The minimum atomic E-state index is -3.54. The van der Waals surface area contributed by atoms with E-state index < -0.39 is 10.0 Å². The maximum absolute atomic E-state index is 13.2. The molecule has 3 aromatic rings. The third kappa shape index (κ3) is 3.84. The number of rotatable bonds is 6. The second-order valence-corrected chi connectivity index (χ2v) is 9.76. The smallest absolute Gasteiger partial charge is 0.241 e. The lowest BCUT2D eigenvalue weighted by atomic mass is 10.2. The fraction of sp³-hybridized carbons (Fsp3) is 0.278. The number of benzene rings is 1. The topological polar surface area (TPSA) is 50.3 Å². The summed E-state index contributed by atoms with van der Waals surface area (Å²) < 4.78 is 27.8. The molecule has 0 saturated heterocycles. The molecule has 4 nitrogen and oxygen atoms in total. The molecule has 0 unspecified atom stereocenters. The van der Waals surface area contributed by atoms with Crippen LogP contribution >= 0.6 is 22.7 Å². The molecule has 0 bridgehead atoms. The van der Waals surface area contributed by atoms with E-state index in [1.165, 1.54) is 15.6 Å². The van der Waals surface area contributed by atoms with E-state index in [1.54, 1.807) is 17.4 Å².